The first-order valence-electron chi connectivity index (χ1n) is 5.85. The number of aromatic nitrogens is 3. The zero-order valence-corrected chi connectivity index (χ0v) is 10.1. The van der Waals surface area contributed by atoms with Gasteiger partial charge in [-0.1, -0.05) is 0 Å². The molecule has 3 rings (SSSR count). The number of rotatable bonds is 2. The molecule has 4 nitrogen and oxygen atoms in total. The Hall–Kier alpha value is -1.84. The molecule has 1 saturated carbocycles. The van der Waals surface area contributed by atoms with Crippen LogP contribution in [-0.4, -0.2) is 14.3 Å². The summed E-state index contributed by atoms with van der Waals surface area (Å²) in [7, 11) is 3.70. The van der Waals surface area contributed by atoms with Crippen LogP contribution in [-0.2, 0) is 14.1 Å². The molecule has 0 amide bonds. The van der Waals surface area contributed by atoms with Gasteiger partial charge in [0.25, 0.3) is 5.56 Å². The van der Waals surface area contributed by atoms with Crippen molar-refractivity contribution in [3.63, 3.8) is 0 Å². The minimum atomic E-state index is 0.0690. The van der Waals surface area contributed by atoms with Gasteiger partial charge in [0.1, 0.15) is 0 Å². The summed E-state index contributed by atoms with van der Waals surface area (Å²) in [6, 6.07) is 1.78. The van der Waals surface area contributed by atoms with Crippen molar-refractivity contribution in [2.45, 2.75) is 18.8 Å². The van der Waals surface area contributed by atoms with Crippen molar-refractivity contribution in [2.75, 3.05) is 0 Å². The Morgan fingerprint density at radius 3 is 2.65 bits per heavy atom. The Balaban J connectivity index is 2.20. The van der Waals surface area contributed by atoms with E-state index >= 15 is 0 Å². The fourth-order valence-corrected chi connectivity index (χ4v) is 2.18. The van der Waals surface area contributed by atoms with Crippen molar-refractivity contribution in [1.29, 1.82) is 0 Å². The lowest BCUT2D eigenvalue weighted by Crippen LogP contribution is -2.16. The van der Waals surface area contributed by atoms with Crippen LogP contribution in [0.2, 0.25) is 0 Å². The Bertz CT molecular complexity index is 620. The van der Waals surface area contributed by atoms with Crippen LogP contribution in [0.25, 0.3) is 11.1 Å². The van der Waals surface area contributed by atoms with Gasteiger partial charge in [-0.3, -0.25) is 9.48 Å². The van der Waals surface area contributed by atoms with Gasteiger partial charge < -0.3 is 4.57 Å². The molecule has 0 N–H and O–H groups in total. The van der Waals surface area contributed by atoms with Gasteiger partial charge in [-0.05, 0) is 24.3 Å². The molecule has 0 saturated heterocycles. The standard InChI is InChI=1S/C13H15N3O/c1-15-8-12(10-6-14-16(2)7-10)11(5-13(15)17)9-3-4-9/h5-9H,3-4H2,1-2H3. The lowest BCUT2D eigenvalue weighted by atomic mass is 10.0. The molecule has 1 aliphatic carbocycles. The largest absolute Gasteiger partial charge is 0.318 e. The minimum Gasteiger partial charge on any atom is -0.318 e. The molecule has 0 radical (unpaired) electrons. The highest BCUT2D eigenvalue weighted by molar-refractivity contribution is 5.66. The first-order valence-corrected chi connectivity index (χ1v) is 5.85. The highest BCUT2D eigenvalue weighted by Crippen LogP contribution is 2.43. The van der Waals surface area contributed by atoms with Gasteiger partial charge in [0.15, 0.2) is 0 Å². The van der Waals surface area contributed by atoms with E-state index in [1.54, 1.807) is 22.4 Å². The summed E-state index contributed by atoms with van der Waals surface area (Å²) in [6.45, 7) is 0. The second-order valence-electron chi connectivity index (χ2n) is 4.77. The first kappa shape index (κ1) is 10.3. The van der Waals surface area contributed by atoms with Crippen LogP contribution in [0.3, 0.4) is 0 Å². The highest BCUT2D eigenvalue weighted by atomic mass is 16.1. The van der Waals surface area contributed by atoms with E-state index in [9.17, 15) is 4.79 Å². The second kappa shape index (κ2) is 3.58. The maximum absolute atomic E-state index is 11.7. The van der Waals surface area contributed by atoms with Crippen molar-refractivity contribution >= 4 is 0 Å². The summed E-state index contributed by atoms with van der Waals surface area (Å²) < 4.78 is 3.42. The fraction of sp³-hybridized carbons (Fsp3) is 0.385. The van der Waals surface area contributed by atoms with Crippen LogP contribution < -0.4 is 5.56 Å². The van der Waals surface area contributed by atoms with Gasteiger partial charge in [0.05, 0.1) is 6.20 Å². The van der Waals surface area contributed by atoms with Gasteiger partial charge in [-0.15, -0.1) is 0 Å². The van der Waals surface area contributed by atoms with Crippen molar-refractivity contribution < 1.29 is 0 Å². The quantitative estimate of drug-likeness (QED) is 0.785. The monoisotopic (exact) mass is 229 g/mol. The molecule has 2 heterocycles. The molecule has 0 unspecified atom stereocenters. The Labute approximate surface area is 99.5 Å². The number of hydrogen-bond donors (Lipinski definition) is 0. The van der Waals surface area contributed by atoms with Gasteiger partial charge >= 0.3 is 0 Å². The maximum atomic E-state index is 11.7. The number of aryl methyl sites for hydroxylation is 2. The van der Waals surface area contributed by atoms with Crippen molar-refractivity contribution in [2.24, 2.45) is 14.1 Å². The normalized spacial score (nSPS) is 15.2. The molecule has 0 aromatic carbocycles. The van der Waals surface area contributed by atoms with Crippen LogP contribution in [0, 0.1) is 0 Å². The van der Waals surface area contributed by atoms with Crippen molar-refractivity contribution in [1.82, 2.24) is 14.3 Å². The third-order valence-corrected chi connectivity index (χ3v) is 3.29. The van der Waals surface area contributed by atoms with Crippen molar-refractivity contribution in [3.8, 4) is 11.1 Å². The predicted molar refractivity (Wildman–Crippen MR) is 65.9 cm³/mol. The average Bonchev–Trinajstić information content (AvgIpc) is 3.05. The molecule has 1 aliphatic rings. The SMILES string of the molecule is Cn1cc(-c2cn(C)c(=O)cc2C2CC2)cn1. The molecule has 88 valence electrons. The first-order chi connectivity index (χ1) is 8.15. The summed E-state index contributed by atoms with van der Waals surface area (Å²) in [5, 5.41) is 4.20. The topological polar surface area (TPSA) is 39.8 Å². The zero-order chi connectivity index (χ0) is 12.0. The van der Waals surface area contributed by atoms with E-state index in [2.05, 4.69) is 5.10 Å². The molecule has 0 aliphatic heterocycles. The van der Waals surface area contributed by atoms with Gasteiger partial charge in [-0.25, -0.2) is 0 Å². The van der Waals surface area contributed by atoms with Gasteiger partial charge in [0.2, 0.25) is 0 Å². The van der Waals surface area contributed by atoms with E-state index in [4.69, 9.17) is 0 Å². The molecular weight excluding hydrogens is 214 g/mol. The van der Waals surface area contributed by atoms with Crippen LogP contribution in [0.15, 0.2) is 29.5 Å². The molecular formula is C13H15N3O. The molecule has 1 fully saturated rings. The lowest BCUT2D eigenvalue weighted by Gasteiger charge is -2.08. The van der Waals surface area contributed by atoms with Gasteiger partial charge in [0, 0.05) is 43.7 Å². The molecule has 0 atom stereocenters. The molecule has 2 aromatic heterocycles. The van der Waals surface area contributed by atoms with E-state index in [0.29, 0.717) is 5.92 Å². The van der Waals surface area contributed by atoms with Crippen LogP contribution in [0.5, 0.6) is 0 Å². The Morgan fingerprint density at radius 1 is 1.29 bits per heavy atom. The third-order valence-electron chi connectivity index (χ3n) is 3.29. The molecule has 4 heteroatoms. The predicted octanol–water partition coefficient (Wildman–Crippen LogP) is 1.66. The zero-order valence-electron chi connectivity index (χ0n) is 10.1. The number of hydrogen-bond acceptors (Lipinski definition) is 2. The van der Waals surface area contributed by atoms with Crippen molar-refractivity contribution in [3.05, 3.63) is 40.6 Å². The smallest absolute Gasteiger partial charge is 0.250 e. The number of nitrogens with zero attached hydrogens (tertiary/aromatic N) is 3. The van der Waals surface area contributed by atoms with Gasteiger partial charge in [-0.2, -0.15) is 5.10 Å². The summed E-state index contributed by atoms with van der Waals surface area (Å²) >= 11 is 0. The number of pyridine rings is 1. The summed E-state index contributed by atoms with van der Waals surface area (Å²) in [6.07, 6.45) is 8.16. The summed E-state index contributed by atoms with van der Waals surface area (Å²) in [4.78, 5) is 11.7. The summed E-state index contributed by atoms with van der Waals surface area (Å²) in [5.41, 5.74) is 3.48. The van der Waals surface area contributed by atoms with E-state index in [-0.39, 0.29) is 5.56 Å². The molecule has 2 aromatic rings. The second-order valence-corrected chi connectivity index (χ2v) is 4.77. The average molecular weight is 229 g/mol. The third kappa shape index (κ3) is 1.79. The van der Waals surface area contributed by atoms with E-state index in [0.717, 1.165) is 11.1 Å². The van der Waals surface area contributed by atoms with Crippen LogP contribution in [0.1, 0.15) is 24.3 Å². The lowest BCUT2D eigenvalue weighted by molar-refractivity contribution is 0.768. The van der Waals surface area contributed by atoms with E-state index in [1.165, 1.54) is 18.4 Å². The Kier molecular flexibility index (Phi) is 2.18. The van der Waals surface area contributed by atoms with Crippen LogP contribution in [0.4, 0.5) is 0 Å². The maximum Gasteiger partial charge on any atom is 0.250 e. The fourth-order valence-electron chi connectivity index (χ4n) is 2.18. The molecule has 17 heavy (non-hydrogen) atoms. The summed E-state index contributed by atoms with van der Waals surface area (Å²) in [5.74, 6) is 0.569. The van der Waals surface area contributed by atoms with E-state index in [1.807, 2.05) is 25.6 Å². The molecule has 0 spiro atoms. The van der Waals surface area contributed by atoms with Crippen LogP contribution >= 0.6 is 0 Å². The highest BCUT2D eigenvalue weighted by Gasteiger charge is 2.27. The molecule has 0 bridgehead atoms. The minimum absolute atomic E-state index is 0.0690. The van der Waals surface area contributed by atoms with E-state index < -0.39 is 0 Å². The Morgan fingerprint density at radius 2 is 2.06 bits per heavy atom.